The summed E-state index contributed by atoms with van der Waals surface area (Å²) in [5.74, 6) is 0. The summed E-state index contributed by atoms with van der Waals surface area (Å²) in [5, 5.41) is 6.80. The normalized spacial score (nSPS) is 12.7. The molecule has 0 aliphatic rings. The van der Waals surface area contributed by atoms with Crippen LogP contribution in [0.3, 0.4) is 0 Å². The Morgan fingerprint density at radius 1 is 1.19 bits per heavy atom. The SMILES string of the molecule is CNC(CCc1cccs1)c1cc(C)c2ccccc2n1. The molecule has 1 atom stereocenters. The van der Waals surface area contributed by atoms with Gasteiger partial charge in [0, 0.05) is 16.3 Å². The highest BCUT2D eigenvalue weighted by molar-refractivity contribution is 7.09. The number of nitrogens with zero attached hydrogens (tertiary/aromatic N) is 1. The summed E-state index contributed by atoms with van der Waals surface area (Å²) >= 11 is 1.83. The van der Waals surface area contributed by atoms with Crippen molar-refractivity contribution in [3.63, 3.8) is 0 Å². The van der Waals surface area contributed by atoms with E-state index in [4.69, 9.17) is 4.98 Å². The zero-order valence-electron chi connectivity index (χ0n) is 12.5. The van der Waals surface area contributed by atoms with E-state index in [0.717, 1.165) is 24.1 Å². The second kappa shape index (κ2) is 6.37. The van der Waals surface area contributed by atoms with Crippen LogP contribution in [0.15, 0.2) is 47.8 Å². The average molecular weight is 296 g/mol. The molecule has 0 spiro atoms. The zero-order valence-corrected chi connectivity index (χ0v) is 13.3. The van der Waals surface area contributed by atoms with E-state index in [2.05, 4.69) is 60.1 Å². The number of hydrogen-bond acceptors (Lipinski definition) is 3. The highest BCUT2D eigenvalue weighted by Gasteiger charge is 2.13. The lowest BCUT2D eigenvalue weighted by molar-refractivity contribution is 0.539. The van der Waals surface area contributed by atoms with Crippen molar-refractivity contribution < 1.29 is 0 Å². The van der Waals surface area contributed by atoms with E-state index in [1.807, 2.05) is 18.4 Å². The van der Waals surface area contributed by atoms with Crippen LogP contribution >= 0.6 is 11.3 Å². The zero-order chi connectivity index (χ0) is 14.7. The quantitative estimate of drug-likeness (QED) is 0.750. The molecule has 0 bridgehead atoms. The van der Waals surface area contributed by atoms with Crippen molar-refractivity contribution in [2.24, 2.45) is 0 Å². The monoisotopic (exact) mass is 296 g/mol. The first-order valence-corrected chi connectivity index (χ1v) is 8.22. The van der Waals surface area contributed by atoms with Crippen LogP contribution in [0.2, 0.25) is 0 Å². The maximum atomic E-state index is 4.85. The van der Waals surface area contributed by atoms with Gasteiger partial charge in [-0.1, -0.05) is 24.3 Å². The number of benzene rings is 1. The molecule has 108 valence electrons. The fraction of sp³-hybridized carbons (Fsp3) is 0.278. The molecule has 21 heavy (non-hydrogen) atoms. The molecule has 0 saturated heterocycles. The minimum absolute atomic E-state index is 0.301. The first-order chi connectivity index (χ1) is 10.3. The van der Waals surface area contributed by atoms with Crippen molar-refractivity contribution in [1.29, 1.82) is 0 Å². The van der Waals surface area contributed by atoms with Crippen molar-refractivity contribution in [3.8, 4) is 0 Å². The van der Waals surface area contributed by atoms with Gasteiger partial charge in [-0.05, 0) is 56.0 Å². The summed E-state index contributed by atoms with van der Waals surface area (Å²) in [5.41, 5.74) is 3.53. The van der Waals surface area contributed by atoms with Crippen molar-refractivity contribution in [1.82, 2.24) is 10.3 Å². The number of aromatic nitrogens is 1. The van der Waals surface area contributed by atoms with Gasteiger partial charge in [0.1, 0.15) is 0 Å². The second-order valence-corrected chi connectivity index (χ2v) is 6.37. The number of pyridine rings is 1. The third-order valence-corrected chi connectivity index (χ3v) is 4.84. The van der Waals surface area contributed by atoms with Gasteiger partial charge in [0.05, 0.1) is 11.2 Å². The molecule has 0 fully saturated rings. The predicted molar refractivity (Wildman–Crippen MR) is 90.9 cm³/mol. The van der Waals surface area contributed by atoms with Gasteiger partial charge >= 0.3 is 0 Å². The Bertz CT molecular complexity index is 719. The van der Waals surface area contributed by atoms with E-state index in [0.29, 0.717) is 6.04 Å². The predicted octanol–water partition coefficient (Wildman–Crippen LogP) is 4.50. The molecule has 0 saturated carbocycles. The van der Waals surface area contributed by atoms with Crippen LogP contribution in [0, 0.1) is 6.92 Å². The van der Waals surface area contributed by atoms with E-state index in [-0.39, 0.29) is 0 Å². The largest absolute Gasteiger partial charge is 0.312 e. The Labute approximate surface area is 129 Å². The maximum absolute atomic E-state index is 4.85. The van der Waals surface area contributed by atoms with Crippen molar-refractivity contribution in [2.75, 3.05) is 7.05 Å². The van der Waals surface area contributed by atoms with Gasteiger partial charge in [-0.3, -0.25) is 4.98 Å². The Balaban J connectivity index is 1.86. The molecular formula is C18H20N2S. The number of hydrogen-bond donors (Lipinski definition) is 1. The van der Waals surface area contributed by atoms with Gasteiger partial charge in [0.25, 0.3) is 0 Å². The molecule has 0 aliphatic heterocycles. The van der Waals surface area contributed by atoms with Crippen LogP contribution in [-0.2, 0) is 6.42 Å². The molecule has 1 unspecified atom stereocenters. The smallest absolute Gasteiger partial charge is 0.0708 e. The number of thiophene rings is 1. The molecule has 2 aromatic heterocycles. The fourth-order valence-corrected chi connectivity index (χ4v) is 3.46. The van der Waals surface area contributed by atoms with Gasteiger partial charge in [-0.2, -0.15) is 0 Å². The summed E-state index contributed by atoms with van der Waals surface area (Å²) in [4.78, 5) is 6.29. The molecule has 2 heterocycles. The lowest BCUT2D eigenvalue weighted by Gasteiger charge is -2.17. The van der Waals surface area contributed by atoms with Crippen LogP contribution in [0.1, 0.15) is 28.6 Å². The third kappa shape index (κ3) is 3.14. The number of rotatable bonds is 5. The van der Waals surface area contributed by atoms with Crippen molar-refractivity contribution in [2.45, 2.75) is 25.8 Å². The molecule has 3 rings (SSSR count). The van der Waals surface area contributed by atoms with Gasteiger partial charge in [-0.25, -0.2) is 0 Å². The minimum atomic E-state index is 0.301. The highest BCUT2D eigenvalue weighted by atomic mass is 32.1. The van der Waals surface area contributed by atoms with Gasteiger partial charge < -0.3 is 5.32 Å². The van der Waals surface area contributed by atoms with Crippen LogP contribution in [0.25, 0.3) is 10.9 Å². The highest BCUT2D eigenvalue weighted by Crippen LogP contribution is 2.24. The van der Waals surface area contributed by atoms with E-state index in [9.17, 15) is 0 Å². The Hall–Kier alpha value is -1.71. The standard InChI is InChI=1S/C18H20N2S/c1-13-12-18(20-16-8-4-3-7-15(13)16)17(19-2)10-9-14-6-5-11-21-14/h3-8,11-12,17,19H,9-10H2,1-2H3. The third-order valence-electron chi connectivity index (χ3n) is 3.91. The molecular weight excluding hydrogens is 276 g/mol. The van der Waals surface area contributed by atoms with E-state index < -0.39 is 0 Å². The lowest BCUT2D eigenvalue weighted by Crippen LogP contribution is -2.18. The van der Waals surface area contributed by atoms with Crippen LogP contribution < -0.4 is 5.32 Å². The van der Waals surface area contributed by atoms with Crippen LogP contribution in [-0.4, -0.2) is 12.0 Å². The van der Waals surface area contributed by atoms with Crippen LogP contribution in [0.5, 0.6) is 0 Å². The van der Waals surface area contributed by atoms with E-state index >= 15 is 0 Å². The summed E-state index contributed by atoms with van der Waals surface area (Å²) in [6, 6.07) is 15.2. The van der Waals surface area contributed by atoms with Gasteiger partial charge in [0.2, 0.25) is 0 Å². The number of aryl methyl sites for hydroxylation is 2. The molecule has 0 amide bonds. The summed E-state index contributed by atoms with van der Waals surface area (Å²) in [7, 11) is 2.02. The minimum Gasteiger partial charge on any atom is -0.312 e. The lowest BCUT2D eigenvalue weighted by atomic mass is 10.0. The molecule has 1 aromatic carbocycles. The topological polar surface area (TPSA) is 24.9 Å². The number of para-hydroxylation sites is 1. The first kappa shape index (κ1) is 14.2. The molecule has 0 radical (unpaired) electrons. The Kier molecular flexibility index (Phi) is 4.32. The summed E-state index contributed by atoms with van der Waals surface area (Å²) in [6.45, 7) is 2.17. The van der Waals surface area contributed by atoms with Crippen molar-refractivity contribution in [3.05, 3.63) is 64.0 Å². The Morgan fingerprint density at radius 2 is 2.05 bits per heavy atom. The number of nitrogens with one attached hydrogen (secondary N) is 1. The fourth-order valence-electron chi connectivity index (χ4n) is 2.74. The maximum Gasteiger partial charge on any atom is 0.0708 e. The Morgan fingerprint density at radius 3 is 2.81 bits per heavy atom. The van der Waals surface area contributed by atoms with E-state index in [1.54, 1.807) is 0 Å². The number of fused-ring (bicyclic) bond motifs is 1. The van der Waals surface area contributed by atoms with E-state index in [1.165, 1.54) is 15.8 Å². The molecule has 3 heteroatoms. The molecule has 3 aromatic rings. The van der Waals surface area contributed by atoms with Gasteiger partial charge in [-0.15, -0.1) is 11.3 Å². The summed E-state index contributed by atoms with van der Waals surface area (Å²) < 4.78 is 0. The second-order valence-electron chi connectivity index (χ2n) is 5.34. The van der Waals surface area contributed by atoms with Crippen molar-refractivity contribution >= 4 is 22.2 Å². The average Bonchev–Trinajstić information content (AvgIpc) is 3.01. The molecule has 0 aliphatic carbocycles. The molecule has 2 nitrogen and oxygen atoms in total. The first-order valence-electron chi connectivity index (χ1n) is 7.34. The molecule has 1 N–H and O–H groups in total. The van der Waals surface area contributed by atoms with Gasteiger partial charge in [0.15, 0.2) is 0 Å². The van der Waals surface area contributed by atoms with Crippen LogP contribution in [0.4, 0.5) is 0 Å². The summed E-state index contributed by atoms with van der Waals surface area (Å²) in [6.07, 6.45) is 2.17.